The van der Waals surface area contributed by atoms with Gasteiger partial charge in [0.15, 0.2) is 5.84 Å². The first kappa shape index (κ1) is 27.5. The minimum absolute atomic E-state index is 0.786. The van der Waals surface area contributed by atoms with Gasteiger partial charge in [-0.15, -0.1) is 6.42 Å². The summed E-state index contributed by atoms with van der Waals surface area (Å²) in [6.07, 6.45) is 9.88. The molecule has 1 aliphatic rings. The van der Waals surface area contributed by atoms with Crippen LogP contribution in [0, 0.1) is 107 Å². The standard InChI is InChI=1S/C31H27N3/c1-4-7-10-11-12-13-14-15-16-17-18-19-20-21-22-23-24-31-32-25-28-34(31)30-29-33(26-8-5-2)27-9-6-3/h1H,5-6,8-9,25-30H2,2-3H3. The van der Waals surface area contributed by atoms with E-state index in [1.807, 2.05) is 0 Å². The Balaban J connectivity index is 2.50. The van der Waals surface area contributed by atoms with Crippen molar-refractivity contribution in [2.45, 2.75) is 39.5 Å². The van der Waals surface area contributed by atoms with Crippen molar-refractivity contribution in [1.82, 2.24) is 9.80 Å². The number of hydrogen-bond donors (Lipinski definition) is 0. The largest absolute Gasteiger partial charge is 0.347 e. The Morgan fingerprint density at radius 2 is 1.18 bits per heavy atom. The zero-order chi connectivity index (χ0) is 24.5. The Labute approximate surface area is 206 Å². The van der Waals surface area contributed by atoms with Crippen LogP contribution < -0.4 is 0 Å². The number of amidine groups is 1. The minimum atomic E-state index is 0.786. The van der Waals surface area contributed by atoms with E-state index in [4.69, 9.17) is 6.42 Å². The molecule has 0 aromatic rings. The predicted octanol–water partition coefficient (Wildman–Crippen LogP) is 2.26. The normalized spacial score (nSPS) is 9.82. The molecule has 0 radical (unpaired) electrons. The van der Waals surface area contributed by atoms with Crippen LogP contribution in [0.3, 0.4) is 0 Å². The van der Waals surface area contributed by atoms with Gasteiger partial charge >= 0.3 is 0 Å². The lowest BCUT2D eigenvalue weighted by atomic mass is 10.2. The maximum absolute atomic E-state index is 4.96. The van der Waals surface area contributed by atoms with E-state index in [1.54, 1.807) is 0 Å². The zero-order valence-corrected chi connectivity index (χ0v) is 20.0. The molecule has 0 unspecified atom stereocenters. The molecule has 0 spiro atoms. The lowest BCUT2D eigenvalue weighted by Gasteiger charge is -2.25. The number of nitrogens with zero attached hydrogens (tertiary/aromatic N) is 3. The van der Waals surface area contributed by atoms with Crippen LogP contribution >= 0.6 is 0 Å². The van der Waals surface area contributed by atoms with Gasteiger partial charge in [0.2, 0.25) is 0 Å². The predicted molar refractivity (Wildman–Crippen MR) is 141 cm³/mol. The van der Waals surface area contributed by atoms with E-state index in [9.17, 15) is 0 Å². The molecule has 0 amide bonds. The van der Waals surface area contributed by atoms with Crippen LogP contribution in [0.1, 0.15) is 39.5 Å². The van der Waals surface area contributed by atoms with Gasteiger partial charge in [0.25, 0.3) is 0 Å². The Hall–Kier alpha value is -4.53. The summed E-state index contributed by atoms with van der Waals surface area (Å²) in [4.78, 5) is 9.30. The fourth-order valence-electron chi connectivity index (χ4n) is 2.71. The fourth-order valence-corrected chi connectivity index (χ4v) is 2.71. The third kappa shape index (κ3) is 14.5. The second-order valence-corrected chi connectivity index (χ2v) is 6.89. The molecule has 0 aromatic heterocycles. The van der Waals surface area contributed by atoms with E-state index in [0.717, 1.165) is 45.1 Å². The molecule has 1 heterocycles. The van der Waals surface area contributed by atoms with Gasteiger partial charge in [0, 0.05) is 19.6 Å². The SMILES string of the molecule is C#CC#CC#CC#CC#CC#CC#CC#CC#CC1=NCCN1CCN(CCCC)CCCC. The number of aliphatic imine (C=N–C) groups is 1. The van der Waals surface area contributed by atoms with Crippen LogP contribution in [0.2, 0.25) is 0 Å². The first-order valence-electron chi connectivity index (χ1n) is 11.3. The van der Waals surface area contributed by atoms with E-state index in [1.165, 1.54) is 25.7 Å². The highest BCUT2D eigenvalue weighted by Gasteiger charge is 2.15. The average molecular weight is 442 g/mol. The molecule has 0 N–H and O–H groups in total. The summed E-state index contributed by atoms with van der Waals surface area (Å²) < 4.78 is 0. The summed E-state index contributed by atoms with van der Waals surface area (Å²) >= 11 is 0. The minimum Gasteiger partial charge on any atom is -0.347 e. The molecule has 0 atom stereocenters. The quantitative estimate of drug-likeness (QED) is 0.511. The molecular formula is C31H27N3. The Kier molecular flexibility index (Phi) is 16.5. The summed E-state index contributed by atoms with van der Waals surface area (Å²) in [5.41, 5.74) is 0. The maximum atomic E-state index is 4.96. The Morgan fingerprint density at radius 3 is 1.65 bits per heavy atom. The topological polar surface area (TPSA) is 18.8 Å². The van der Waals surface area contributed by atoms with Crippen molar-refractivity contribution in [3.63, 3.8) is 0 Å². The molecule has 1 aliphatic heterocycles. The van der Waals surface area contributed by atoms with Crippen LogP contribution in [0.25, 0.3) is 0 Å². The summed E-state index contributed by atoms with van der Waals surface area (Å²) in [7, 11) is 0. The van der Waals surface area contributed by atoms with E-state index in [0.29, 0.717) is 0 Å². The molecule has 166 valence electrons. The van der Waals surface area contributed by atoms with Crippen molar-refractivity contribution in [3.8, 4) is 107 Å². The van der Waals surface area contributed by atoms with E-state index in [2.05, 4.69) is 129 Å². The Bertz CT molecular complexity index is 1240. The molecule has 0 aromatic carbocycles. The third-order valence-electron chi connectivity index (χ3n) is 4.39. The summed E-state index contributed by atoms with van der Waals surface area (Å²) in [5.74, 6) is 44.5. The fraction of sp³-hybridized carbons (Fsp3) is 0.387. The molecule has 3 nitrogen and oxygen atoms in total. The number of unbranched alkanes of at least 4 members (excludes halogenated alkanes) is 2. The highest BCUT2D eigenvalue weighted by molar-refractivity contribution is 6.00. The molecule has 0 saturated carbocycles. The van der Waals surface area contributed by atoms with Crippen molar-refractivity contribution >= 4 is 5.84 Å². The second-order valence-electron chi connectivity index (χ2n) is 6.89. The highest BCUT2D eigenvalue weighted by Crippen LogP contribution is 2.04. The number of rotatable bonds is 9. The second kappa shape index (κ2) is 20.4. The van der Waals surface area contributed by atoms with E-state index in [-0.39, 0.29) is 0 Å². The van der Waals surface area contributed by atoms with E-state index >= 15 is 0 Å². The zero-order valence-electron chi connectivity index (χ0n) is 20.0. The van der Waals surface area contributed by atoms with Gasteiger partial charge in [-0.3, -0.25) is 4.99 Å². The first-order chi connectivity index (χ1) is 16.8. The summed E-state index contributed by atoms with van der Waals surface area (Å²) in [5, 5.41) is 0. The maximum Gasteiger partial charge on any atom is 0.177 e. The van der Waals surface area contributed by atoms with Crippen molar-refractivity contribution in [2.75, 3.05) is 39.3 Å². The molecule has 0 aliphatic carbocycles. The van der Waals surface area contributed by atoms with Crippen molar-refractivity contribution in [3.05, 3.63) is 0 Å². The Morgan fingerprint density at radius 1 is 0.706 bits per heavy atom. The van der Waals surface area contributed by atoms with Crippen LogP contribution in [0.15, 0.2) is 4.99 Å². The van der Waals surface area contributed by atoms with Crippen molar-refractivity contribution < 1.29 is 0 Å². The van der Waals surface area contributed by atoms with Crippen LogP contribution in [-0.2, 0) is 0 Å². The lowest BCUT2D eigenvalue weighted by molar-refractivity contribution is 0.244. The van der Waals surface area contributed by atoms with Crippen LogP contribution in [0.5, 0.6) is 0 Å². The van der Waals surface area contributed by atoms with E-state index < -0.39 is 0 Å². The molecule has 1 rings (SSSR count). The van der Waals surface area contributed by atoms with Gasteiger partial charge in [0.1, 0.15) is 0 Å². The average Bonchev–Trinajstić information content (AvgIpc) is 3.30. The monoisotopic (exact) mass is 441 g/mol. The summed E-state index contributed by atoms with van der Waals surface area (Å²) in [6.45, 7) is 10.5. The smallest absolute Gasteiger partial charge is 0.177 e. The molecular weight excluding hydrogens is 414 g/mol. The molecule has 3 heteroatoms. The van der Waals surface area contributed by atoms with Gasteiger partial charge in [-0.2, -0.15) is 0 Å². The number of hydrogen-bond acceptors (Lipinski definition) is 3. The van der Waals surface area contributed by atoms with Crippen molar-refractivity contribution in [1.29, 1.82) is 0 Å². The molecule has 34 heavy (non-hydrogen) atoms. The van der Waals surface area contributed by atoms with Gasteiger partial charge < -0.3 is 9.80 Å². The van der Waals surface area contributed by atoms with Gasteiger partial charge in [-0.25, -0.2) is 0 Å². The lowest BCUT2D eigenvalue weighted by Crippen LogP contribution is -2.37. The summed E-state index contributed by atoms with van der Waals surface area (Å²) in [6, 6.07) is 0. The van der Waals surface area contributed by atoms with Gasteiger partial charge in [-0.1, -0.05) is 26.7 Å². The van der Waals surface area contributed by atoms with Gasteiger partial charge in [-0.05, 0) is 127 Å². The van der Waals surface area contributed by atoms with Crippen LogP contribution in [-0.4, -0.2) is 54.9 Å². The first-order valence-corrected chi connectivity index (χ1v) is 11.3. The molecule has 0 fully saturated rings. The molecule has 0 saturated heterocycles. The van der Waals surface area contributed by atoms with Gasteiger partial charge in [0.05, 0.1) is 6.54 Å². The highest BCUT2D eigenvalue weighted by atomic mass is 15.3. The molecule has 0 bridgehead atoms. The third-order valence-corrected chi connectivity index (χ3v) is 4.39. The number of terminal acetylenes is 1. The van der Waals surface area contributed by atoms with Crippen molar-refractivity contribution in [2.24, 2.45) is 4.99 Å². The van der Waals surface area contributed by atoms with Crippen LogP contribution in [0.4, 0.5) is 0 Å².